The van der Waals surface area contributed by atoms with Gasteiger partial charge >= 0.3 is 0 Å². The highest BCUT2D eigenvalue weighted by atomic mass is 32.1. The predicted molar refractivity (Wildman–Crippen MR) is 267 cm³/mol. The second kappa shape index (κ2) is 19.7. The molecule has 9 rings (SSSR count). The lowest BCUT2D eigenvalue weighted by Crippen LogP contribution is -2.09. The van der Waals surface area contributed by atoms with Crippen molar-refractivity contribution in [3.63, 3.8) is 0 Å². The first-order valence-corrected chi connectivity index (χ1v) is 25.5. The molecule has 0 radical (unpaired) electrons. The molecule has 10 heteroatoms. The molecule has 9 aromatic rings. The van der Waals surface area contributed by atoms with E-state index in [9.17, 15) is 15.3 Å². The highest BCUT2D eigenvalue weighted by Gasteiger charge is 2.17. The highest BCUT2D eigenvalue weighted by molar-refractivity contribution is 7.25. The van der Waals surface area contributed by atoms with E-state index in [-0.39, 0.29) is 19.8 Å². The topological polar surface area (TPSA) is 63.9 Å². The van der Waals surface area contributed by atoms with Gasteiger partial charge in [0.15, 0.2) is 0 Å². The molecular weight excluding hydrogens is 867 g/mol. The SMILES string of the molecule is OCCCc1ccc(-c2ccc(-c3ccc(N(c4ccc(-c5ccc(-c6ccc(CCCO)s6)s5)cc4)c4ccc(-c5ccc(-c6ccc(CCCO)s6)s5)cc4)cc3)s2)s1. The molecule has 308 valence electrons. The number of aryl methyl sites for hydroxylation is 3. The summed E-state index contributed by atoms with van der Waals surface area (Å²) >= 11 is 10.9. The summed E-state index contributed by atoms with van der Waals surface area (Å²) in [4.78, 5) is 17.7. The molecule has 0 aliphatic rings. The minimum absolute atomic E-state index is 0.225. The van der Waals surface area contributed by atoms with Gasteiger partial charge in [0.05, 0.1) is 0 Å². The zero-order chi connectivity index (χ0) is 41.5. The summed E-state index contributed by atoms with van der Waals surface area (Å²) in [6, 6.07) is 53.4. The van der Waals surface area contributed by atoms with Crippen LogP contribution in [0.25, 0.3) is 60.6 Å². The molecule has 4 nitrogen and oxygen atoms in total. The number of aliphatic hydroxyl groups excluding tert-OH is 3. The Morgan fingerprint density at radius 3 is 0.803 bits per heavy atom. The van der Waals surface area contributed by atoms with Crippen LogP contribution in [0.5, 0.6) is 0 Å². The Kier molecular flexibility index (Phi) is 13.5. The lowest BCUT2D eigenvalue weighted by molar-refractivity contribution is 0.288. The van der Waals surface area contributed by atoms with E-state index in [2.05, 4.69) is 150 Å². The van der Waals surface area contributed by atoms with Crippen LogP contribution in [-0.2, 0) is 19.3 Å². The third-order valence-electron chi connectivity index (χ3n) is 10.5. The minimum atomic E-state index is 0.225. The summed E-state index contributed by atoms with van der Waals surface area (Å²) in [7, 11) is 0. The second-order valence-electron chi connectivity index (χ2n) is 14.7. The van der Waals surface area contributed by atoms with E-state index >= 15 is 0 Å². The number of hydrogen-bond acceptors (Lipinski definition) is 10. The third kappa shape index (κ3) is 9.79. The maximum atomic E-state index is 9.27. The molecule has 0 aliphatic heterocycles. The average Bonchev–Trinajstić information content (AvgIpc) is 4.15. The van der Waals surface area contributed by atoms with E-state index in [1.54, 1.807) is 0 Å². The molecule has 0 bridgehead atoms. The van der Waals surface area contributed by atoms with Crippen LogP contribution >= 0.6 is 68.0 Å². The fourth-order valence-electron chi connectivity index (χ4n) is 7.34. The van der Waals surface area contributed by atoms with Crippen LogP contribution < -0.4 is 4.90 Å². The van der Waals surface area contributed by atoms with Gasteiger partial charge in [0.25, 0.3) is 0 Å². The van der Waals surface area contributed by atoms with Crippen LogP contribution in [0.1, 0.15) is 33.9 Å². The van der Waals surface area contributed by atoms with Crippen LogP contribution in [0.3, 0.4) is 0 Å². The van der Waals surface area contributed by atoms with Gasteiger partial charge in [-0.1, -0.05) is 36.4 Å². The van der Waals surface area contributed by atoms with Crippen molar-refractivity contribution in [1.82, 2.24) is 0 Å². The summed E-state index contributed by atoms with van der Waals surface area (Å²) in [5.41, 5.74) is 6.86. The van der Waals surface area contributed by atoms with E-state index in [0.29, 0.717) is 0 Å². The molecule has 6 aromatic heterocycles. The third-order valence-corrected chi connectivity index (χ3v) is 17.9. The molecule has 0 fully saturated rings. The Morgan fingerprint density at radius 1 is 0.279 bits per heavy atom. The number of aliphatic hydroxyl groups is 3. The molecule has 61 heavy (non-hydrogen) atoms. The number of rotatable bonds is 18. The first-order valence-electron chi connectivity index (χ1n) is 20.6. The Bertz CT molecular complexity index is 2480. The molecule has 0 atom stereocenters. The molecule has 0 unspecified atom stereocenters. The van der Waals surface area contributed by atoms with Crippen LogP contribution in [-0.4, -0.2) is 35.1 Å². The molecule has 0 spiro atoms. The zero-order valence-corrected chi connectivity index (χ0v) is 38.4. The number of nitrogens with zero attached hydrogens (tertiary/aromatic N) is 1. The van der Waals surface area contributed by atoms with Crippen molar-refractivity contribution >= 4 is 85.1 Å². The van der Waals surface area contributed by atoms with E-state index < -0.39 is 0 Å². The summed E-state index contributed by atoms with van der Waals surface area (Å²) in [5, 5.41) is 27.8. The Hall–Kier alpha value is -4.46. The van der Waals surface area contributed by atoms with Crippen molar-refractivity contribution < 1.29 is 15.3 Å². The fourth-order valence-corrected chi connectivity index (χ4v) is 13.8. The van der Waals surface area contributed by atoms with E-state index in [0.717, 1.165) is 55.6 Å². The van der Waals surface area contributed by atoms with E-state index in [1.807, 2.05) is 68.0 Å². The maximum Gasteiger partial charge on any atom is 0.0462 e. The Balaban J connectivity index is 0.985. The molecule has 0 aliphatic carbocycles. The van der Waals surface area contributed by atoms with Crippen molar-refractivity contribution in [3.05, 3.63) is 160 Å². The number of hydrogen-bond donors (Lipinski definition) is 3. The zero-order valence-electron chi connectivity index (χ0n) is 33.5. The maximum absolute atomic E-state index is 9.27. The molecule has 0 saturated heterocycles. The lowest BCUT2D eigenvalue weighted by atomic mass is 10.1. The monoisotopic (exact) mass is 911 g/mol. The largest absolute Gasteiger partial charge is 0.396 e. The first-order chi connectivity index (χ1) is 30.0. The van der Waals surface area contributed by atoms with Crippen molar-refractivity contribution in [2.45, 2.75) is 38.5 Å². The van der Waals surface area contributed by atoms with Crippen molar-refractivity contribution in [2.24, 2.45) is 0 Å². The van der Waals surface area contributed by atoms with Crippen LogP contribution in [0.15, 0.2) is 146 Å². The van der Waals surface area contributed by atoms with E-state index in [1.165, 1.54) is 75.2 Å². The number of benzene rings is 3. The molecule has 3 aromatic carbocycles. The number of thiophene rings is 6. The predicted octanol–water partition coefficient (Wildman–Crippen LogP) is 15.3. The standard InChI is InChI=1S/C51H45NO3S6/c53-31-1-4-40-19-22-46(56-40)49-28-25-43(59-49)34-7-13-37(14-8-34)52(38-15-9-35(10-16-38)44-26-29-50(60-44)47-23-20-41(57-47)5-2-32-54)39-17-11-36(12-18-39)45-27-30-51(61-45)48-24-21-42(58-48)6-3-33-55/h7-30,53-55H,1-6,31-33H2. The van der Waals surface area contributed by atoms with Crippen LogP contribution in [0, 0.1) is 0 Å². The number of anilines is 3. The van der Waals surface area contributed by atoms with Gasteiger partial charge in [0, 0.05) is 95.4 Å². The van der Waals surface area contributed by atoms with Gasteiger partial charge in [-0.25, -0.2) is 0 Å². The van der Waals surface area contributed by atoms with Crippen LogP contribution in [0.2, 0.25) is 0 Å². The van der Waals surface area contributed by atoms with Crippen molar-refractivity contribution in [2.75, 3.05) is 24.7 Å². The van der Waals surface area contributed by atoms with Gasteiger partial charge in [0.1, 0.15) is 0 Å². The van der Waals surface area contributed by atoms with Gasteiger partial charge in [-0.15, -0.1) is 68.0 Å². The first kappa shape index (κ1) is 41.9. The molecule has 6 heterocycles. The lowest BCUT2D eigenvalue weighted by Gasteiger charge is -2.26. The quantitative estimate of drug-likeness (QED) is 0.0802. The van der Waals surface area contributed by atoms with Crippen molar-refractivity contribution in [1.29, 1.82) is 0 Å². The van der Waals surface area contributed by atoms with Gasteiger partial charge in [-0.05, 0) is 164 Å². The molecule has 0 saturated carbocycles. The van der Waals surface area contributed by atoms with Gasteiger partial charge < -0.3 is 20.2 Å². The van der Waals surface area contributed by atoms with Gasteiger partial charge in [-0.3, -0.25) is 0 Å². The van der Waals surface area contributed by atoms with Crippen LogP contribution in [0.4, 0.5) is 17.1 Å². The minimum Gasteiger partial charge on any atom is -0.396 e. The molecular formula is C51H45NO3S6. The van der Waals surface area contributed by atoms with Crippen molar-refractivity contribution in [3.8, 4) is 60.6 Å². The Morgan fingerprint density at radius 2 is 0.525 bits per heavy atom. The smallest absolute Gasteiger partial charge is 0.0462 e. The normalized spacial score (nSPS) is 11.5. The summed E-state index contributed by atoms with van der Waals surface area (Å²) in [6.07, 6.45) is 5.15. The average molecular weight is 912 g/mol. The molecule has 0 amide bonds. The summed E-state index contributed by atoms with van der Waals surface area (Å²) < 4.78 is 0. The van der Waals surface area contributed by atoms with E-state index in [4.69, 9.17) is 0 Å². The summed E-state index contributed by atoms with van der Waals surface area (Å²) in [5.74, 6) is 0. The van der Waals surface area contributed by atoms with Gasteiger partial charge in [-0.2, -0.15) is 0 Å². The summed E-state index contributed by atoms with van der Waals surface area (Å²) in [6.45, 7) is 0.674. The van der Waals surface area contributed by atoms with Gasteiger partial charge in [0.2, 0.25) is 0 Å². The fraction of sp³-hybridized carbons (Fsp3) is 0.176. The Labute approximate surface area is 381 Å². The second-order valence-corrected chi connectivity index (χ2v) is 21.5. The highest BCUT2D eigenvalue weighted by Crippen LogP contribution is 2.44. The molecule has 3 N–H and O–H groups in total.